The molecule has 0 aliphatic heterocycles. The molecule has 2 unspecified atom stereocenters. The normalized spacial score (nSPS) is 12.8. The highest BCUT2D eigenvalue weighted by Gasteiger charge is 2.18. The number of unbranched alkanes of at least 4 members (excludes halogenated alkanes) is 44. The molecule has 0 saturated carbocycles. The largest absolute Gasteiger partial charge is 0.466 e. The molecule has 6 nitrogen and oxygen atoms in total. The summed E-state index contributed by atoms with van der Waals surface area (Å²) in [5.41, 5.74) is 0. The van der Waals surface area contributed by atoms with Gasteiger partial charge in [0.25, 0.3) is 0 Å². The van der Waals surface area contributed by atoms with Crippen LogP contribution in [-0.2, 0) is 14.3 Å². The van der Waals surface area contributed by atoms with E-state index in [9.17, 15) is 19.8 Å². The molecule has 6 heteroatoms. The van der Waals surface area contributed by atoms with Crippen molar-refractivity contribution in [1.82, 2.24) is 5.32 Å². The standard InChI is InChI=1S/C65H123NO5/c1-3-5-7-9-11-13-15-17-19-21-22-23-26-29-33-37-41-45-49-53-57-63(68)62(61-67)66-64(69)58-54-50-46-42-38-34-30-27-24-25-28-32-36-40-44-48-52-56-60-71-65(70)59-55-51-47-43-39-35-31-20-18-16-14-12-10-8-6-4-2/h20,27,30-31,53,57,62-63,67-68H,3-19,21-26,28-29,32-52,54-56,58-61H2,1-2H3,(H,66,69)/b30-27-,31-20-,57-53+. The fourth-order valence-corrected chi connectivity index (χ4v) is 9.74. The number of hydrogen-bond donors (Lipinski definition) is 3. The number of rotatable bonds is 59. The van der Waals surface area contributed by atoms with Gasteiger partial charge in [0.2, 0.25) is 5.91 Å². The molecule has 0 aliphatic rings. The maximum Gasteiger partial charge on any atom is 0.305 e. The summed E-state index contributed by atoms with van der Waals surface area (Å²) >= 11 is 0. The van der Waals surface area contributed by atoms with Gasteiger partial charge in [0.15, 0.2) is 0 Å². The van der Waals surface area contributed by atoms with E-state index in [1.807, 2.05) is 6.08 Å². The third-order valence-corrected chi connectivity index (χ3v) is 14.6. The van der Waals surface area contributed by atoms with Gasteiger partial charge in [0.05, 0.1) is 25.4 Å². The molecule has 418 valence electrons. The summed E-state index contributed by atoms with van der Waals surface area (Å²) in [5, 5.41) is 23.2. The molecular weight excluding hydrogens is 875 g/mol. The van der Waals surface area contributed by atoms with E-state index in [1.165, 1.54) is 250 Å². The first kappa shape index (κ1) is 69.1. The number of esters is 1. The van der Waals surface area contributed by atoms with E-state index in [0.717, 1.165) is 64.2 Å². The number of amides is 1. The second kappa shape index (κ2) is 60.6. The average Bonchev–Trinajstić information content (AvgIpc) is 3.37. The number of ether oxygens (including phenoxy) is 1. The molecule has 0 aromatic heterocycles. The van der Waals surface area contributed by atoms with Crippen LogP contribution in [0.4, 0.5) is 0 Å². The summed E-state index contributed by atoms with van der Waals surface area (Å²) in [5.74, 6) is -0.0851. The minimum Gasteiger partial charge on any atom is -0.466 e. The Labute approximate surface area is 443 Å². The molecule has 1 amide bonds. The molecule has 0 fully saturated rings. The predicted octanol–water partition coefficient (Wildman–Crippen LogP) is 20.0. The molecule has 0 radical (unpaired) electrons. The molecule has 2 atom stereocenters. The Bertz CT molecular complexity index is 1150. The van der Waals surface area contributed by atoms with Crippen molar-refractivity contribution in [3.63, 3.8) is 0 Å². The van der Waals surface area contributed by atoms with Crippen molar-refractivity contribution in [3.05, 3.63) is 36.5 Å². The lowest BCUT2D eigenvalue weighted by Crippen LogP contribution is -2.45. The first-order valence-electron chi connectivity index (χ1n) is 31.8. The van der Waals surface area contributed by atoms with Crippen LogP contribution in [0.5, 0.6) is 0 Å². The third kappa shape index (κ3) is 57.2. The number of hydrogen-bond acceptors (Lipinski definition) is 5. The zero-order chi connectivity index (χ0) is 51.4. The van der Waals surface area contributed by atoms with E-state index in [1.54, 1.807) is 6.08 Å². The van der Waals surface area contributed by atoms with Crippen LogP contribution >= 0.6 is 0 Å². The van der Waals surface area contributed by atoms with E-state index < -0.39 is 12.1 Å². The first-order chi connectivity index (χ1) is 35.0. The van der Waals surface area contributed by atoms with E-state index in [2.05, 4.69) is 43.5 Å². The maximum absolute atomic E-state index is 12.5. The molecule has 0 heterocycles. The number of nitrogens with one attached hydrogen (secondary N) is 1. The lowest BCUT2D eigenvalue weighted by atomic mass is 10.0. The fraction of sp³-hybridized carbons (Fsp3) is 0.877. The number of allylic oxidation sites excluding steroid dienone is 5. The quantitative estimate of drug-likeness (QED) is 0.0321. The Kier molecular flexibility index (Phi) is 59.0. The van der Waals surface area contributed by atoms with Gasteiger partial charge in [0, 0.05) is 12.8 Å². The van der Waals surface area contributed by atoms with Gasteiger partial charge in [-0.1, -0.05) is 281 Å². The smallest absolute Gasteiger partial charge is 0.305 e. The van der Waals surface area contributed by atoms with Crippen LogP contribution in [0.1, 0.15) is 341 Å². The van der Waals surface area contributed by atoms with Crippen molar-refractivity contribution in [2.75, 3.05) is 13.2 Å². The van der Waals surface area contributed by atoms with Crippen molar-refractivity contribution in [2.45, 2.75) is 353 Å². The lowest BCUT2D eigenvalue weighted by Gasteiger charge is -2.20. The second-order valence-corrected chi connectivity index (χ2v) is 21.7. The molecule has 3 N–H and O–H groups in total. The monoisotopic (exact) mass is 998 g/mol. The fourth-order valence-electron chi connectivity index (χ4n) is 9.74. The van der Waals surface area contributed by atoms with Gasteiger partial charge < -0.3 is 20.3 Å². The van der Waals surface area contributed by atoms with E-state index in [4.69, 9.17) is 4.74 Å². The van der Waals surface area contributed by atoms with Crippen molar-refractivity contribution >= 4 is 11.9 Å². The minimum atomic E-state index is -0.854. The topological polar surface area (TPSA) is 95.9 Å². The van der Waals surface area contributed by atoms with Crippen molar-refractivity contribution in [3.8, 4) is 0 Å². The summed E-state index contributed by atoms with van der Waals surface area (Å²) in [6.07, 6.45) is 76.1. The Morgan fingerprint density at radius 3 is 1.00 bits per heavy atom. The highest BCUT2D eigenvalue weighted by atomic mass is 16.5. The Morgan fingerprint density at radius 1 is 0.380 bits per heavy atom. The van der Waals surface area contributed by atoms with Gasteiger partial charge >= 0.3 is 5.97 Å². The predicted molar refractivity (Wildman–Crippen MR) is 310 cm³/mol. The van der Waals surface area contributed by atoms with Gasteiger partial charge in [-0.05, 0) is 83.5 Å². The Hall–Kier alpha value is -1.92. The van der Waals surface area contributed by atoms with E-state index in [-0.39, 0.29) is 18.5 Å². The summed E-state index contributed by atoms with van der Waals surface area (Å²) in [6, 6.07) is -0.639. The van der Waals surface area contributed by atoms with Crippen LogP contribution < -0.4 is 5.32 Å². The summed E-state index contributed by atoms with van der Waals surface area (Å²) < 4.78 is 5.48. The minimum absolute atomic E-state index is 0.00498. The molecule has 0 rings (SSSR count). The molecule has 0 aromatic carbocycles. The third-order valence-electron chi connectivity index (χ3n) is 14.6. The van der Waals surface area contributed by atoms with Crippen molar-refractivity contribution in [2.24, 2.45) is 0 Å². The maximum atomic E-state index is 12.5. The van der Waals surface area contributed by atoms with Crippen molar-refractivity contribution in [1.29, 1.82) is 0 Å². The van der Waals surface area contributed by atoms with Gasteiger partial charge in [-0.15, -0.1) is 0 Å². The van der Waals surface area contributed by atoms with E-state index in [0.29, 0.717) is 19.4 Å². The van der Waals surface area contributed by atoms with Crippen LogP contribution in [-0.4, -0.2) is 47.4 Å². The number of aliphatic hydroxyl groups is 2. The summed E-state index contributed by atoms with van der Waals surface area (Å²) in [4.78, 5) is 24.6. The molecule has 71 heavy (non-hydrogen) atoms. The zero-order valence-electron chi connectivity index (χ0n) is 47.7. The molecule has 0 spiro atoms. The first-order valence-corrected chi connectivity index (χ1v) is 31.8. The Morgan fingerprint density at radius 2 is 0.662 bits per heavy atom. The summed E-state index contributed by atoms with van der Waals surface area (Å²) in [7, 11) is 0. The Balaban J connectivity index is 3.48. The van der Waals surface area contributed by atoms with Crippen LogP contribution in [0.3, 0.4) is 0 Å². The van der Waals surface area contributed by atoms with Gasteiger partial charge in [-0.3, -0.25) is 9.59 Å². The summed E-state index contributed by atoms with van der Waals surface area (Å²) in [6.45, 7) is 4.90. The molecule has 0 bridgehead atoms. The SMILES string of the molecule is CCCCCCCCC/C=C\CCCCCCCC(=O)OCCCCCCCCCCC/C=C\CCCCCCCC(=O)NC(CO)C(O)/C=C/CCCCCCCCCCCCCCCCCCCC. The number of carbonyl (C=O) groups excluding carboxylic acids is 2. The highest BCUT2D eigenvalue weighted by Crippen LogP contribution is 2.17. The van der Waals surface area contributed by atoms with Crippen LogP contribution in [0.2, 0.25) is 0 Å². The van der Waals surface area contributed by atoms with Crippen LogP contribution in [0, 0.1) is 0 Å². The second-order valence-electron chi connectivity index (χ2n) is 21.7. The van der Waals surface area contributed by atoms with Crippen LogP contribution in [0.25, 0.3) is 0 Å². The zero-order valence-corrected chi connectivity index (χ0v) is 47.7. The van der Waals surface area contributed by atoms with Gasteiger partial charge in [-0.2, -0.15) is 0 Å². The van der Waals surface area contributed by atoms with E-state index >= 15 is 0 Å². The molecular formula is C65H123NO5. The van der Waals surface area contributed by atoms with Crippen LogP contribution in [0.15, 0.2) is 36.5 Å². The average molecular weight is 999 g/mol. The number of aliphatic hydroxyl groups excluding tert-OH is 2. The highest BCUT2D eigenvalue weighted by molar-refractivity contribution is 5.76. The van der Waals surface area contributed by atoms with Gasteiger partial charge in [0.1, 0.15) is 0 Å². The molecule has 0 aromatic rings. The van der Waals surface area contributed by atoms with Gasteiger partial charge in [-0.25, -0.2) is 0 Å². The molecule has 0 aliphatic carbocycles. The number of carbonyl (C=O) groups is 2. The molecule has 0 saturated heterocycles. The lowest BCUT2D eigenvalue weighted by molar-refractivity contribution is -0.143. The van der Waals surface area contributed by atoms with Crippen molar-refractivity contribution < 1.29 is 24.5 Å².